The maximum absolute atomic E-state index is 12.4. The van der Waals surface area contributed by atoms with Crippen LogP contribution in [-0.4, -0.2) is 27.2 Å². The molecule has 1 aromatic heterocycles. The third-order valence-electron chi connectivity index (χ3n) is 3.41. The summed E-state index contributed by atoms with van der Waals surface area (Å²) in [5.41, 5.74) is -0.607. The first-order valence-corrected chi connectivity index (χ1v) is 9.11. The van der Waals surface area contributed by atoms with Crippen molar-refractivity contribution in [2.24, 2.45) is 10.2 Å². The van der Waals surface area contributed by atoms with Crippen LogP contribution in [0.1, 0.15) is 13.8 Å². The van der Waals surface area contributed by atoms with E-state index in [9.17, 15) is 18.3 Å². The van der Waals surface area contributed by atoms with E-state index in [0.29, 0.717) is 13.1 Å². The van der Waals surface area contributed by atoms with Gasteiger partial charge < -0.3 is 5.11 Å². The van der Waals surface area contributed by atoms with E-state index >= 15 is 0 Å². The fourth-order valence-corrected chi connectivity index (χ4v) is 3.03. The quantitative estimate of drug-likeness (QED) is 0.464. The Labute approximate surface area is 148 Å². The summed E-state index contributed by atoms with van der Waals surface area (Å²) in [6, 6.07) is 4.90. The number of benzene rings is 1. The van der Waals surface area contributed by atoms with Crippen LogP contribution in [0.2, 0.25) is 0 Å². The summed E-state index contributed by atoms with van der Waals surface area (Å²) < 4.78 is 33.8. The average molecular weight is 384 g/mol. The van der Waals surface area contributed by atoms with Crippen LogP contribution in [0.4, 0.5) is 11.4 Å². The minimum Gasteiger partial charge on any atom is -0.493 e. The monoisotopic (exact) mass is 384 g/mol. The van der Waals surface area contributed by atoms with Crippen LogP contribution < -0.4 is 5.56 Å². The Balaban J connectivity index is 2.52. The molecule has 0 amide bonds. The highest BCUT2D eigenvalue weighted by molar-refractivity contribution is 7.85. The standard InChI is InChI=1S/C14H16N4O5S2/c1-3-17-12(19)11(13(20)18(4-2)14(17)24)16-15-9-5-7-10(8-6-9)25(21,22)23/h5-8,19H,3-4H2,1-2H3,(H,21,22,23). The minimum atomic E-state index is -4.30. The molecule has 0 unspecified atom stereocenters. The van der Waals surface area contributed by atoms with Gasteiger partial charge in [0.2, 0.25) is 11.6 Å². The summed E-state index contributed by atoms with van der Waals surface area (Å²) in [4.78, 5) is 12.1. The van der Waals surface area contributed by atoms with Crippen molar-refractivity contribution >= 4 is 33.7 Å². The fourth-order valence-electron chi connectivity index (χ4n) is 2.12. The Hall–Kier alpha value is -2.37. The fraction of sp³-hybridized carbons (Fsp3) is 0.286. The van der Waals surface area contributed by atoms with E-state index < -0.39 is 15.7 Å². The van der Waals surface area contributed by atoms with Gasteiger partial charge in [0.05, 0.1) is 10.6 Å². The highest BCUT2D eigenvalue weighted by Crippen LogP contribution is 2.25. The molecule has 2 N–H and O–H groups in total. The Bertz CT molecular complexity index is 1040. The van der Waals surface area contributed by atoms with E-state index in [1.807, 2.05) is 0 Å². The molecule has 1 heterocycles. The lowest BCUT2D eigenvalue weighted by atomic mass is 10.3. The third-order valence-corrected chi connectivity index (χ3v) is 4.72. The SMILES string of the molecule is CCn1c(O)c(N=Nc2ccc(S(=O)(=O)O)cc2)c(=O)n(CC)c1=S. The van der Waals surface area contributed by atoms with Gasteiger partial charge in [-0.15, -0.1) is 5.11 Å². The van der Waals surface area contributed by atoms with Crippen LogP contribution in [0.15, 0.2) is 44.2 Å². The van der Waals surface area contributed by atoms with Crippen molar-refractivity contribution in [1.29, 1.82) is 0 Å². The molecule has 1 aromatic carbocycles. The molecule has 25 heavy (non-hydrogen) atoms. The van der Waals surface area contributed by atoms with Gasteiger partial charge in [0, 0.05) is 13.1 Å². The van der Waals surface area contributed by atoms with Gasteiger partial charge in [0.25, 0.3) is 15.7 Å². The first kappa shape index (κ1) is 19.0. The molecule has 0 spiro atoms. The van der Waals surface area contributed by atoms with Crippen molar-refractivity contribution in [1.82, 2.24) is 9.13 Å². The van der Waals surface area contributed by atoms with E-state index in [4.69, 9.17) is 16.8 Å². The highest BCUT2D eigenvalue weighted by Gasteiger charge is 2.15. The summed E-state index contributed by atoms with van der Waals surface area (Å²) in [6.45, 7) is 4.15. The number of nitrogens with zero attached hydrogens (tertiary/aromatic N) is 4. The summed E-state index contributed by atoms with van der Waals surface area (Å²) in [5, 5.41) is 17.8. The van der Waals surface area contributed by atoms with Crippen molar-refractivity contribution in [3.8, 4) is 5.88 Å². The van der Waals surface area contributed by atoms with Crippen LogP contribution >= 0.6 is 12.2 Å². The molecule has 0 aliphatic carbocycles. The molecular weight excluding hydrogens is 368 g/mol. The summed E-state index contributed by atoms with van der Waals surface area (Å²) >= 11 is 5.16. The van der Waals surface area contributed by atoms with Gasteiger partial charge in [0.15, 0.2) is 4.77 Å². The molecule has 0 aliphatic rings. The smallest absolute Gasteiger partial charge is 0.294 e. The van der Waals surface area contributed by atoms with Crippen molar-refractivity contribution in [3.63, 3.8) is 0 Å². The Morgan fingerprint density at radius 2 is 1.64 bits per heavy atom. The van der Waals surface area contributed by atoms with Gasteiger partial charge in [-0.3, -0.25) is 18.5 Å². The largest absolute Gasteiger partial charge is 0.493 e. The number of aromatic nitrogens is 2. The minimum absolute atomic E-state index is 0.184. The van der Waals surface area contributed by atoms with E-state index in [-0.39, 0.29) is 26.9 Å². The van der Waals surface area contributed by atoms with Crippen LogP contribution in [0, 0.1) is 4.77 Å². The number of rotatable bonds is 5. The number of hydrogen-bond acceptors (Lipinski definition) is 7. The number of hydrogen-bond donors (Lipinski definition) is 2. The van der Waals surface area contributed by atoms with Gasteiger partial charge in [-0.05, 0) is 50.3 Å². The van der Waals surface area contributed by atoms with Gasteiger partial charge in [0.1, 0.15) is 0 Å². The van der Waals surface area contributed by atoms with Gasteiger partial charge in [-0.25, -0.2) is 0 Å². The number of azo groups is 1. The zero-order valence-electron chi connectivity index (χ0n) is 13.4. The average Bonchev–Trinajstić information content (AvgIpc) is 2.55. The molecule has 2 aromatic rings. The van der Waals surface area contributed by atoms with Gasteiger partial charge in [-0.1, -0.05) is 0 Å². The van der Waals surface area contributed by atoms with Crippen LogP contribution in [0.3, 0.4) is 0 Å². The molecule has 0 atom stereocenters. The Morgan fingerprint density at radius 1 is 1.08 bits per heavy atom. The second kappa shape index (κ2) is 7.25. The van der Waals surface area contributed by atoms with E-state index in [2.05, 4.69) is 10.2 Å². The lowest BCUT2D eigenvalue weighted by Crippen LogP contribution is -2.24. The summed E-state index contributed by atoms with van der Waals surface area (Å²) in [5.74, 6) is -0.388. The highest BCUT2D eigenvalue weighted by atomic mass is 32.2. The molecule has 0 saturated carbocycles. The first-order chi connectivity index (χ1) is 11.7. The molecule has 0 fully saturated rings. The molecule has 0 aliphatic heterocycles. The predicted molar refractivity (Wildman–Crippen MR) is 93.0 cm³/mol. The van der Waals surface area contributed by atoms with Crippen molar-refractivity contribution in [3.05, 3.63) is 39.4 Å². The van der Waals surface area contributed by atoms with Crippen molar-refractivity contribution < 1.29 is 18.1 Å². The predicted octanol–water partition coefficient (Wildman–Crippen LogP) is 2.79. The number of aromatic hydroxyl groups is 1. The van der Waals surface area contributed by atoms with Gasteiger partial charge in [-0.2, -0.15) is 13.5 Å². The topological polar surface area (TPSA) is 126 Å². The molecule has 2 rings (SSSR count). The Kier molecular flexibility index (Phi) is 5.50. The zero-order valence-corrected chi connectivity index (χ0v) is 15.1. The van der Waals surface area contributed by atoms with Crippen LogP contribution in [0.5, 0.6) is 5.88 Å². The zero-order chi connectivity index (χ0) is 18.8. The maximum atomic E-state index is 12.4. The molecule has 134 valence electrons. The van der Waals surface area contributed by atoms with Crippen molar-refractivity contribution in [2.45, 2.75) is 31.8 Å². The van der Waals surface area contributed by atoms with Crippen LogP contribution in [0.25, 0.3) is 0 Å². The lowest BCUT2D eigenvalue weighted by Gasteiger charge is -2.12. The first-order valence-electron chi connectivity index (χ1n) is 7.26. The van der Waals surface area contributed by atoms with Gasteiger partial charge >= 0.3 is 0 Å². The summed E-state index contributed by atoms with van der Waals surface area (Å²) in [6.07, 6.45) is 0. The van der Waals surface area contributed by atoms with Crippen molar-refractivity contribution in [2.75, 3.05) is 0 Å². The lowest BCUT2D eigenvalue weighted by molar-refractivity contribution is 0.402. The second-order valence-electron chi connectivity index (χ2n) is 4.92. The molecule has 0 radical (unpaired) electrons. The molecule has 0 bridgehead atoms. The van der Waals surface area contributed by atoms with E-state index in [0.717, 1.165) is 12.1 Å². The normalized spacial score (nSPS) is 12.0. The molecule has 9 nitrogen and oxygen atoms in total. The van der Waals surface area contributed by atoms with Crippen LogP contribution in [-0.2, 0) is 23.2 Å². The molecular formula is C14H16N4O5S2. The van der Waals surface area contributed by atoms with E-state index in [1.54, 1.807) is 13.8 Å². The third kappa shape index (κ3) is 3.83. The maximum Gasteiger partial charge on any atom is 0.294 e. The molecule has 11 heteroatoms. The van der Waals surface area contributed by atoms with E-state index in [1.165, 1.54) is 21.3 Å². The summed E-state index contributed by atoms with van der Waals surface area (Å²) in [7, 11) is -4.30. The Morgan fingerprint density at radius 3 is 2.12 bits per heavy atom. The molecule has 0 saturated heterocycles. The second-order valence-corrected chi connectivity index (χ2v) is 6.70.